The van der Waals surface area contributed by atoms with Crippen molar-refractivity contribution in [3.8, 4) is 44.5 Å². The van der Waals surface area contributed by atoms with Crippen LogP contribution in [0, 0.1) is 0 Å². The van der Waals surface area contributed by atoms with Crippen LogP contribution in [0.25, 0.3) is 76.0 Å². The molecule has 2 N–H and O–H groups in total. The number of benzene rings is 3. The molecule has 8 bridgehead atoms. The second-order valence-electron chi connectivity index (χ2n) is 10.3. The minimum absolute atomic E-state index is 0.0335. The van der Waals surface area contributed by atoms with Crippen molar-refractivity contribution in [2.24, 2.45) is 0 Å². The lowest BCUT2D eigenvalue weighted by Gasteiger charge is -2.03. The Morgan fingerprint density at radius 1 is 0.439 bits per heavy atom. The maximum Gasteiger partial charge on any atom is 0.194 e. The molecule has 0 atom stereocenters. The number of aromatic amines is 2. The first-order chi connectivity index (χ1) is 20.2. The van der Waals surface area contributed by atoms with E-state index in [0.29, 0.717) is 11.1 Å². The van der Waals surface area contributed by atoms with Gasteiger partial charge in [-0.3, -0.25) is 4.79 Å². The summed E-state index contributed by atoms with van der Waals surface area (Å²) in [7, 11) is 0. The van der Waals surface area contributed by atoms with Gasteiger partial charge in [-0.1, -0.05) is 84.9 Å². The molecule has 0 unspecified atom stereocenters. The van der Waals surface area contributed by atoms with Gasteiger partial charge in [0.1, 0.15) is 0 Å². The van der Waals surface area contributed by atoms with Crippen LogP contribution in [-0.2, 0) is 0 Å². The second kappa shape index (κ2) is 9.47. The number of hydrogen-bond acceptors (Lipinski definition) is 2. The minimum Gasteiger partial charge on any atom is -0.355 e. The molecule has 7 aromatic rings. The number of H-pyrrole nitrogens is 2. The largest absolute Gasteiger partial charge is 0.355 e. The van der Waals surface area contributed by atoms with Crippen molar-refractivity contribution in [3.05, 3.63) is 144 Å². The van der Waals surface area contributed by atoms with Gasteiger partial charge in [-0.2, -0.15) is 0 Å². The number of nitrogens with one attached hydrogen (secondary N) is 2. The highest BCUT2D eigenvalue weighted by atomic mass is 32.1. The third-order valence-corrected chi connectivity index (χ3v) is 8.90. The summed E-state index contributed by atoms with van der Waals surface area (Å²) in [6, 6.07) is 45.8. The van der Waals surface area contributed by atoms with Crippen molar-refractivity contribution < 1.29 is 0 Å². The number of rotatable bonds is 2. The van der Waals surface area contributed by atoms with Crippen LogP contribution in [0.15, 0.2) is 138 Å². The van der Waals surface area contributed by atoms with Crippen molar-refractivity contribution in [3.63, 3.8) is 0 Å². The molecule has 0 spiro atoms. The Hall–Kier alpha value is -5.19. The molecule has 0 saturated carbocycles. The Balaban J connectivity index is 1.58. The molecule has 0 aliphatic heterocycles. The van der Waals surface area contributed by atoms with Crippen molar-refractivity contribution in [1.82, 2.24) is 9.97 Å². The lowest BCUT2D eigenvalue weighted by atomic mass is 10.1. The molecule has 0 radical (unpaired) electrons. The minimum atomic E-state index is 0.0335. The Morgan fingerprint density at radius 3 is 1.34 bits per heavy atom. The van der Waals surface area contributed by atoms with E-state index in [1.807, 2.05) is 48.5 Å². The summed E-state index contributed by atoms with van der Waals surface area (Å²) in [4.78, 5) is 21.1. The molecule has 194 valence electrons. The molecule has 0 saturated heterocycles. The zero-order valence-electron chi connectivity index (χ0n) is 22.0. The van der Waals surface area contributed by atoms with E-state index in [9.17, 15) is 4.79 Å². The van der Waals surface area contributed by atoms with Gasteiger partial charge in [-0.05, 0) is 70.8 Å². The quantitative estimate of drug-likeness (QED) is 0.224. The van der Waals surface area contributed by atoms with Gasteiger partial charge in [0.15, 0.2) is 5.43 Å². The summed E-state index contributed by atoms with van der Waals surface area (Å²) in [5, 5.41) is 0. The van der Waals surface area contributed by atoms with Crippen molar-refractivity contribution in [1.29, 1.82) is 0 Å². The molecule has 3 aromatic carbocycles. The average Bonchev–Trinajstić information content (AvgIpc) is 3.81. The molecule has 8 rings (SSSR count). The van der Waals surface area contributed by atoms with E-state index >= 15 is 0 Å². The first-order valence-electron chi connectivity index (χ1n) is 13.6. The van der Waals surface area contributed by atoms with Crippen LogP contribution in [0.4, 0.5) is 0 Å². The fraction of sp³-hybridized carbons (Fsp3) is 0. The SMILES string of the molecule is O=c1c2cc3ccc([nH]3)c(-c3ccccc3)c3ccc(s3)c(-c3ccccc3)c3ccc(cc1-c1ccccc1-2)[nH]3. The standard InChI is InChI=1S/C37H24N2OS/c40-37-29-21-25-15-17-31(38-25)35(23-9-3-1-4-10-23)33-19-20-34(41-33)36(24-11-5-2-6-12-24)32-18-16-26(39-32)22-30(37)28-14-8-7-13-27(28)29/h1-22,38-39H. The van der Waals surface area contributed by atoms with Crippen LogP contribution in [0.3, 0.4) is 0 Å². The van der Waals surface area contributed by atoms with E-state index < -0.39 is 0 Å². The van der Waals surface area contributed by atoms with E-state index in [0.717, 1.165) is 55.4 Å². The second-order valence-corrected chi connectivity index (χ2v) is 11.4. The zero-order chi connectivity index (χ0) is 27.3. The smallest absolute Gasteiger partial charge is 0.194 e. The van der Waals surface area contributed by atoms with E-state index in [4.69, 9.17) is 0 Å². The van der Waals surface area contributed by atoms with Crippen LogP contribution < -0.4 is 5.43 Å². The fourth-order valence-electron chi connectivity index (χ4n) is 5.90. The van der Waals surface area contributed by atoms with E-state index in [-0.39, 0.29) is 5.43 Å². The van der Waals surface area contributed by atoms with Gasteiger partial charge in [0.2, 0.25) is 0 Å². The highest BCUT2D eigenvalue weighted by Crippen LogP contribution is 2.39. The summed E-state index contributed by atoms with van der Waals surface area (Å²) < 4.78 is 2.34. The van der Waals surface area contributed by atoms with Crippen molar-refractivity contribution in [2.45, 2.75) is 0 Å². The molecular weight excluding hydrogens is 520 g/mol. The fourth-order valence-corrected chi connectivity index (χ4v) is 7.07. The van der Waals surface area contributed by atoms with Gasteiger partial charge in [0, 0.05) is 53.7 Å². The maximum atomic E-state index is 13.9. The number of fused-ring (bicyclic) bond motifs is 11. The molecule has 1 aliphatic carbocycles. The van der Waals surface area contributed by atoms with Crippen LogP contribution >= 0.6 is 11.3 Å². The predicted molar refractivity (Wildman–Crippen MR) is 174 cm³/mol. The monoisotopic (exact) mass is 544 g/mol. The van der Waals surface area contributed by atoms with Crippen molar-refractivity contribution >= 4 is 42.8 Å². The molecule has 1 aliphatic rings. The Morgan fingerprint density at radius 2 is 0.878 bits per heavy atom. The summed E-state index contributed by atoms with van der Waals surface area (Å²) in [6.45, 7) is 0. The molecule has 0 fully saturated rings. The Labute approximate surface area is 240 Å². The van der Waals surface area contributed by atoms with Crippen molar-refractivity contribution in [2.75, 3.05) is 0 Å². The summed E-state index contributed by atoms with van der Waals surface area (Å²) >= 11 is 1.79. The lowest BCUT2D eigenvalue weighted by molar-refractivity contribution is 1.54. The number of thiophene rings is 1. The van der Waals surface area contributed by atoms with E-state index in [1.165, 1.54) is 9.40 Å². The summed E-state index contributed by atoms with van der Waals surface area (Å²) in [5.74, 6) is 0. The third kappa shape index (κ3) is 4.00. The molecule has 0 amide bonds. The van der Waals surface area contributed by atoms with E-state index in [1.54, 1.807) is 11.3 Å². The summed E-state index contributed by atoms with van der Waals surface area (Å²) in [5.41, 5.74) is 11.7. The predicted octanol–water partition coefficient (Wildman–Crippen LogP) is 9.89. The summed E-state index contributed by atoms with van der Waals surface area (Å²) in [6.07, 6.45) is 0. The first-order valence-corrected chi connectivity index (χ1v) is 14.5. The molecule has 4 heterocycles. The zero-order valence-corrected chi connectivity index (χ0v) is 22.8. The van der Waals surface area contributed by atoms with Gasteiger partial charge < -0.3 is 9.97 Å². The molecule has 3 nitrogen and oxygen atoms in total. The topological polar surface area (TPSA) is 48.6 Å². The van der Waals surface area contributed by atoms with Gasteiger partial charge >= 0.3 is 0 Å². The van der Waals surface area contributed by atoms with Gasteiger partial charge in [-0.15, -0.1) is 11.3 Å². The van der Waals surface area contributed by atoms with Gasteiger partial charge in [0.25, 0.3) is 0 Å². The average molecular weight is 545 g/mol. The normalized spacial score (nSPS) is 11.5. The lowest BCUT2D eigenvalue weighted by Crippen LogP contribution is -1.96. The molecule has 41 heavy (non-hydrogen) atoms. The maximum absolute atomic E-state index is 13.9. The number of aromatic nitrogens is 2. The van der Waals surface area contributed by atoms with Crippen LogP contribution in [0.5, 0.6) is 0 Å². The highest BCUT2D eigenvalue weighted by Gasteiger charge is 2.20. The third-order valence-electron chi connectivity index (χ3n) is 7.78. The Kier molecular flexibility index (Phi) is 5.47. The van der Waals surface area contributed by atoms with Crippen LogP contribution in [0.1, 0.15) is 0 Å². The Bertz CT molecular complexity index is 2120. The van der Waals surface area contributed by atoms with Crippen LogP contribution in [0.2, 0.25) is 0 Å². The van der Waals surface area contributed by atoms with E-state index in [2.05, 4.69) is 94.9 Å². The number of hydrogen-bond donors (Lipinski definition) is 2. The first kappa shape index (κ1) is 23.7. The molecular formula is C37H24N2OS. The van der Waals surface area contributed by atoms with Gasteiger partial charge in [0.05, 0.1) is 0 Å². The molecule has 4 aromatic heterocycles. The van der Waals surface area contributed by atoms with Crippen LogP contribution in [-0.4, -0.2) is 9.97 Å². The molecule has 4 heteroatoms. The van der Waals surface area contributed by atoms with Gasteiger partial charge in [-0.25, -0.2) is 0 Å². The highest BCUT2D eigenvalue weighted by molar-refractivity contribution is 7.24.